The minimum Gasteiger partial charge on any atom is -0.288 e. The largest absolute Gasteiger partial charge is 0.288 e. The Bertz CT molecular complexity index is 1230. The molecule has 0 amide bonds. The van der Waals surface area contributed by atoms with Gasteiger partial charge in [0.2, 0.25) is 5.78 Å². The normalized spacial score (nSPS) is 11.5. The lowest BCUT2D eigenvalue weighted by Gasteiger charge is -2.11. The van der Waals surface area contributed by atoms with E-state index in [-0.39, 0.29) is 5.78 Å². The van der Waals surface area contributed by atoms with Gasteiger partial charge in [-0.1, -0.05) is 72.3 Å². The summed E-state index contributed by atoms with van der Waals surface area (Å²) in [7, 11) is 0. The summed E-state index contributed by atoms with van der Waals surface area (Å²) in [6.45, 7) is 8.19. The van der Waals surface area contributed by atoms with Gasteiger partial charge in [-0.05, 0) is 73.4 Å². The Hall–Kier alpha value is -2.97. The van der Waals surface area contributed by atoms with Crippen molar-refractivity contribution in [3.8, 4) is 0 Å². The van der Waals surface area contributed by atoms with E-state index in [0.717, 1.165) is 33.6 Å². The van der Waals surface area contributed by atoms with E-state index in [2.05, 4.69) is 67.6 Å². The van der Waals surface area contributed by atoms with Crippen molar-refractivity contribution < 1.29 is 4.79 Å². The fourth-order valence-corrected chi connectivity index (χ4v) is 5.42. The molecule has 0 saturated heterocycles. The third-order valence-electron chi connectivity index (χ3n) is 5.53. The number of allylic oxidation sites excluding steroid dienone is 1. The van der Waals surface area contributed by atoms with Gasteiger partial charge in [0.15, 0.2) is 0 Å². The highest BCUT2D eigenvalue weighted by atomic mass is 32.1. The molecule has 0 spiro atoms. The molecule has 0 aliphatic carbocycles. The Morgan fingerprint density at radius 2 is 1.60 bits per heavy atom. The summed E-state index contributed by atoms with van der Waals surface area (Å²) >= 11 is 1.62. The van der Waals surface area contributed by atoms with Gasteiger partial charge in [-0.3, -0.25) is 4.79 Å². The number of aryl methyl sites for hydroxylation is 3. The Labute approximate surface area is 182 Å². The highest BCUT2D eigenvalue weighted by Gasteiger charge is 2.22. The molecular formula is C28H26OS. The van der Waals surface area contributed by atoms with Gasteiger partial charge in [-0.15, -0.1) is 11.3 Å². The van der Waals surface area contributed by atoms with Crippen molar-refractivity contribution in [2.45, 2.75) is 34.1 Å². The molecule has 4 aromatic rings. The smallest absolute Gasteiger partial charge is 0.203 e. The highest BCUT2D eigenvalue weighted by molar-refractivity contribution is 7.21. The second-order valence-corrected chi connectivity index (χ2v) is 8.98. The Morgan fingerprint density at radius 1 is 0.933 bits per heavy atom. The molecule has 0 aliphatic heterocycles. The maximum absolute atomic E-state index is 13.7. The molecule has 0 bridgehead atoms. The highest BCUT2D eigenvalue weighted by Crippen LogP contribution is 2.35. The second kappa shape index (κ2) is 8.41. The maximum atomic E-state index is 13.7. The van der Waals surface area contributed by atoms with Crippen molar-refractivity contribution >= 4 is 33.3 Å². The molecule has 30 heavy (non-hydrogen) atoms. The Kier molecular flexibility index (Phi) is 5.69. The van der Waals surface area contributed by atoms with Gasteiger partial charge in [0.25, 0.3) is 0 Å². The molecule has 2 heteroatoms. The number of ketones is 1. The average Bonchev–Trinajstić information content (AvgIpc) is 3.07. The predicted octanol–water partition coefficient (Wildman–Crippen LogP) is 7.68. The number of fused-ring (bicyclic) bond motifs is 1. The lowest BCUT2D eigenvalue weighted by Crippen LogP contribution is -2.07. The third kappa shape index (κ3) is 3.88. The lowest BCUT2D eigenvalue weighted by molar-refractivity contribution is 0.104. The van der Waals surface area contributed by atoms with E-state index >= 15 is 0 Å². The van der Waals surface area contributed by atoms with Crippen LogP contribution in [-0.4, -0.2) is 5.78 Å². The van der Waals surface area contributed by atoms with Crippen LogP contribution < -0.4 is 0 Å². The first kappa shape index (κ1) is 20.3. The van der Waals surface area contributed by atoms with Crippen molar-refractivity contribution in [3.63, 3.8) is 0 Å². The van der Waals surface area contributed by atoms with Gasteiger partial charge >= 0.3 is 0 Å². The summed E-state index contributed by atoms with van der Waals surface area (Å²) in [4.78, 5) is 14.6. The first-order valence-corrected chi connectivity index (χ1v) is 11.1. The van der Waals surface area contributed by atoms with Crippen molar-refractivity contribution in [2.24, 2.45) is 0 Å². The predicted molar refractivity (Wildman–Crippen MR) is 130 cm³/mol. The van der Waals surface area contributed by atoms with E-state index in [1.807, 2.05) is 32.9 Å². The zero-order valence-electron chi connectivity index (χ0n) is 18.0. The van der Waals surface area contributed by atoms with Crippen LogP contribution >= 0.6 is 11.3 Å². The summed E-state index contributed by atoms with van der Waals surface area (Å²) in [6, 6.07) is 21.2. The van der Waals surface area contributed by atoms with E-state index in [1.54, 1.807) is 11.3 Å². The minimum absolute atomic E-state index is 0.145. The monoisotopic (exact) mass is 410 g/mol. The second-order valence-electron chi connectivity index (χ2n) is 7.93. The number of benzene rings is 3. The standard InChI is InChI=1S/C28H26OS/c1-5-8-21-11-13-22(14-12-21)17-24-23-9-6-7-10-25(23)30-28(24)27(29)26-19(3)15-18(2)16-20(26)4/h5-16H,17H2,1-4H3/b8-5+. The average molecular weight is 411 g/mol. The molecule has 1 heterocycles. The van der Waals surface area contributed by atoms with Crippen LogP contribution in [0.2, 0.25) is 0 Å². The van der Waals surface area contributed by atoms with Gasteiger partial charge in [0, 0.05) is 10.3 Å². The number of thiophene rings is 1. The third-order valence-corrected chi connectivity index (χ3v) is 6.74. The molecule has 1 nitrogen and oxygen atoms in total. The van der Waals surface area contributed by atoms with Gasteiger partial charge in [-0.25, -0.2) is 0 Å². The SMILES string of the molecule is C/C=C/c1ccc(Cc2c(C(=O)c3c(C)cc(C)cc3C)sc3ccccc23)cc1. The van der Waals surface area contributed by atoms with Crippen molar-refractivity contribution in [1.82, 2.24) is 0 Å². The minimum atomic E-state index is 0.145. The Morgan fingerprint density at radius 3 is 2.27 bits per heavy atom. The fraction of sp³-hybridized carbons (Fsp3) is 0.179. The molecule has 0 fully saturated rings. The molecular weight excluding hydrogens is 384 g/mol. The number of rotatable bonds is 5. The molecule has 0 N–H and O–H groups in total. The molecule has 0 radical (unpaired) electrons. The Balaban J connectivity index is 1.82. The summed E-state index contributed by atoms with van der Waals surface area (Å²) in [5.74, 6) is 0.145. The fourth-order valence-electron chi connectivity index (χ4n) is 4.25. The molecule has 4 rings (SSSR count). The van der Waals surface area contributed by atoms with Crippen LogP contribution in [0.3, 0.4) is 0 Å². The van der Waals surface area contributed by atoms with Gasteiger partial charge in [0.1, 0.15) is 0 Å². The summed E-state index contributed by atoms with van der Waals surface area (Å²) in [5, 5.41) is 1.19. The van der Waals surface area contributed by atoms with Crippen molar-refractivity contribution in [3.05, 3.63) is 111 Å². The van der Waals surface area contributed by atoms with Crippen LogP contribution in [0, 0.1) is 20.8 Å². The quantitative estimate of drug-likeness (QED) is 0.308. The van der Waals surface area contributed by atoms with Crippen LogP contribution in [0.5, 0.6) is 0 Å². The lowest BCUT2D eigenvalue weighted by atomic mass is 9.93. The summed E-state index contributed by atoms with van der Waals surface area (Å²) in [5.41, 5.74) is 7.69. The van der Waals surface area contributed by atoms with Crippen LogP contribution in [0.25, 0.3) is 16.2 Å². The zero-order valence-corrected chi connectivity index (χ0v) is 18.8. The molecule has 0 atom stereocenters. The van der Waals surface area contributed by atoms with Crippen LogP contribution in [0.15, 0.2) is 66.7 Å². The molecule has 0 aliphatic rings. The summed E-state index contributed by atoms with van der Waals surface area (Å²) < 4.78 is 1.17. The summed E-state index contributed by atoms with van der Waals surface area (Å²) in [6.07, 6.45) is 4.90. The van der Waals surface area contributed by atoms with E-state index in [1.165, 1.54) is 26.8 Å². The molecule has 3 aromatic carbocycles. The number of carbonyl (C=O) groups excluding carboxylic acids is 1. The van der Waals surface area contributed by atoms with E-state index in [0.29, 0.717) is 0 Å². The molecule has 1 aromatic heterocycles. The maximum Gasteiger partial charge on any atom is 0.203 e. The number of hydrogen-bond donors (Lipinski definition) is 0. The van der Waals surface area contributed by atoms with Gasteiger partial charge in [-0.2, -0.15) is 0 Å². The molecule has 0 unspecified atom stereocenters. The van der Waals surface area contributed by atoms with Crippen molar-refractivity contribution in [2.75, 3.05) is 0 Å². The first-order chi connectivity index (χ1) is 14.5. The number of hydrogen-bond acceptors (Lipinski definition) is 2. The topological polar surface area (TPSA) is 17.1 Å². The molecule has 150 valence electrons. The zero-order chi connectivity index (χ0) is 21.3. The van der Waals surface area contributed by atoms with Gasteiger partial charge < -0.3 is 0 Å². The number of carbonyl (C=O) groups is 1. The van der Waals surface area contributed by atoms with Crippen LogP contribution in [0.4, 0.5) is 0 Å². The van der Waals surface area contributed by atoms with E-state index < -0.39 is 0 Å². The first-order valence-electron chi connectivity index (χ1n) is 10.3. The van der Waals surface area contributed by atoms with Gasteiger partial charge in [0.05, 0.1) is 4.88 Å². The van der Waals surface area contributed by atoms with E-state index in [4.69, 9.17) is 0 Å². The van der Waals surface area contributed by atoms with Crippen LogP contribution in [-0.2, 0) is 6.42 Å². The molecule has 0 saturated carbocycles. The van der Waals surface area contributed by atoms with Crippen LogP contribution in [0.1, 0.15) is 55.5 Å². The van der Waals surface area contributed by atoms with E-state index in [9.17, 15) is 4.79 Å². The van der Waals surface area contributed by atoms with Crippen molar-refractivity contribution in [1.29, 1.82) is 0 Å².